The van der Waals surface area contributed by atoms with E-state index in [1.165, 1.54) is 37.7 Å². The fourth-order valence-electron chi connectivity index (χ4n) is 3.22. The van der Waals surface area contributed by atoms with E-state index in [4.69, 9.17) is 10.2 Å². The lowest BCUT2D eigenvalue weighted by Gasteiger charge is -2.26. The van der Waals surface area contributed by atoms with Crippen molar-refractivity contribution in [3.05, 3.63) is 71.4 Å². The second-order valence-corrected chi connectivity index (χ2v) is 6.34. The molecule has 7 nitrogen and oxygen atoms in total. The maximum absolute atomic E-state index is 15.0. The van der Waals surface area contributed by atoms with Crippen LogP contribution in [0.2, 0.25) is 0 Å². The largest absolute Gasteiger partial charge is 0.444 e. The van der Waals surface area contributed by atoms with Crippen molar-refractivity contribution >= 4 is 11.9 Å². The fraction of sp³-hybridized carbons (Fsp3) is 0.158. The predicted molar refractivity (Wildman–Crippen MR) is 96.1 cm³/mol. The van der Waals surface area contributed by atoms with Crippen LogP contribution in [0.15, 0.2) is 52.2 Å². The fourth-order valence-corrected chi connectivity index (χ4v) is 3.22. The second kappa shape index (κ2) is 6.73. The molecule has 0 bridgehead atoms. The van der Waals surface area contributed by atoms with Gasteiger partial charge in [-0.15, -0.1) is 0 Å². The van der Waals surface area contributed by atoms with Crippen LogP contribution >= 0.6 is 0 Å². The maximum Gasteiger partial charge on any atom is 0.268 e. The number of oxazole rings is 1. The zero-order valence-corrected chi connectivity index (χ0v) is 15.1. The Morgan fingerprint density at radius 2 is 2.03 bits per heavy atom. The summed E-state index contributed by atoms with van der Waals surface area (Å²) >= 11 is 0. The van der Waals surface area contributed by atoms with E-state index in [1.54, 1.807) is 0 Å². The molecular weight excluding hydrogens is 387 g/mol. The summed E-state index contributed by atoms with van der Waals surface area (Å²) in [6.07, 6.45) is 2.52. The molecule has 3 aromatic rings. The molecule has 1 aliphatic rings. The average Bonchev–Trinajstić information content (AvgIpc) is 3.32. The lowest BCUT2D eigenvalue weighted by molar-refractivity contribution is -0.129. The van der Waals surface area contributed by atoms with Crippen molar-refractivity contribution in [2.24, 2.45) is 10.7 Å². The van der Waals surface area contributed by atoms with Crippen molar-refractivity contribution in [2.75, 3.05) is 7.05 Å². The molecular formula is C19H14F3N5O2. The normalized spacial score (nSPS) is 19.0. The number of hydrogen-bond donors (Lipinski definition) is 1. The number of halogens is 3. The van der Waals surface area contributed by atoms with Crippen LogP contribution < -0.4 is 5.73 Å². The van der Waals surface area contributed by atoms with Gasteiger partial charge in [0.2, 0.25) is 11.4 Å². The molecule has 3 heterocycles. The highest BCUT2D eigenvalue weighted by Crippen LogP contribution is 2.41. The molecule has 2 N–H and O–H groups in total. The van der Waals surface area contributed by atoms with E-state index < -0.39 is 29.8 Å². The maximum atomic E-state index is 15.0. The van der Waals surface area contributed by atoms with Gasteiger partial charge in [-0.1, -0.05) is 6.07 Å². The number of likely N-dealkylation sites (N-methyl/N-ethyl adjacent to an activating group) is 1. The predicted octanol–water partition coefficient (Wildman–Crippen LogP) is 2.51. The van der Waals surface area contributed by atoms with Gasteiger partial charge in [-0.3, -0.25) is 14.7 Å². The van der Waals surface area contributed by atoms with Gasteiger partial charge in [-0.2, -0.15) is 0 Å². The number of guanidine groups is 1. The smallest absolute Gasteiger partial charge is 0.268 e. The molecule has 29 heavy (non-hydrogen) atoms. The van der Waals surface area contributed by atoms with Crippen LogP contribution in [0.1, 0.15) is 17.0 Å². The number of pyridine rings is 1. The zero-order valence-electron chi connectivity index (χ0n) is 15.1. The standard InChI is InChI=1S/C19H14F3N5O2/c1-27-17(28)19(26-18(27)23,15-4-2-3-10(9-20)25-15)12-7-11(13(21)8-14(12)22)16-24-5-6-29-16/h2-8H,9H2,1H3,(H2,23,26). The van der Waals surface area contributed by atoms with Crippen LogP contribution in [-0.2, 0) is 17.0 Å². The third kappa shape index (κ3) is 2.75. The lowest BCUT2D eigenvalue weighted by atomic mass is 9.84. The number of aromatic nitrogens is 2. The van der Waals surface area contributed by atoms with Crippen molar-refractivity contribution in [1.29, 1.82) is 0 Å². The van der Waals surface area contributed by atoms with Gasteiger partial charge in [-0.25, -0.2) is 23.1 Å². The Bertz CT molecular complexity index is 1130. The molecule has 0 saturated heterocycles. The monoisotopic (exact) mass is 401 g/mol. The Kier molecular flexibility index (Phi) is 4.33. The van der Waals surface area contributed by atoms with Gasteiger partial charge in [-0.05, 0) is 18.2 Å². The van der Waals surface area contributed by atoms with Gasteiger partial charge in [0.15, 0.2) is 5.96 Å². The van der Waals surface area contributed by atoms with E-state index >= 15 is 0 Å². The third-order valence-electron chi connectivity index (χ3n) is 4.66. The summed E-state index contributed by atoms with van der Waals surface area (Å²) in [6.45, 7) is -0.902. The van der Waals surface area contributed by atoms with Crippen molar-refractivity contribution < 1.29 is 22.4 Å². The number of alkyl halides is 1. The number of amides is 1. The first-order valence-electron chi connectivity index (χ1n) is 8.43. The molecule has 0 radical (unpaired) electrons. The SMILES string of the molecule is CN1C(=O)C(c2cccc(CF)n2)(c2cc(-c3ncco3)c(F)cc2F)N=C1N. The summed E-state index contributed by atoms with van der Waals surface area (Å²) in [7, 11) is 1.36. The first kappa shape index (κ1) is 18.7. The zero-order chi connectivity index (χ0) is 20.8. The van der Waals surface area contributed by atoms with E-state index in [1.807, 2.05) is 0 Å². The quantitative estimate of drug-likeness (QED) is 0.725. The van der Waals surface area contributed by atoms with Crippen molar-refractivity contribution in [2.45, 2.75) is 12.2 Å². The van der Waals surface area contributed by atoms with Crippen molar-refractivity contribution in [1.82, 2.24) is 14.9 Å². The van der Waals surface area contributed by atoms with Gasteiger partial charge in [0.1, 0.15) is 24.6 Å². The Hall–Kier alpha value is -3.69. The van der Waals surface area contributed by atoms with Gasteiger partial charge in [0.25, 0.3) is 5.91 Å². The molecule has 0 fully saturated rings. The molecule has 0 saturated carbocycles. The number of nitrogens with zero attached hydrogens (tertiary/aromatic N) is 4. The summed E-state index contributed by atoms with van der Waals surface area (Å²) in [4.78, 5) is 26.4. The highest BCUT2D eigenvalue weighted by Gasteiger charge is 2.52. The van der Waals surface area contributed by atoms with Gasteiger partial charge in [0, 0.05) is 18.7 Å². The molecule has 10 heteroatoms. The van der Waals surface area contributed by atoms with Crippen LogP contribution in [-0.4, -0.2) is 33.8 Å². The lowest BCUT2D eigenvalue weighted by Crippen LogP contribution is -2.42. The number of carbonyl (C=O) groups is 1. The Labute approximate surface area is 162 Å². The summed E-state index contributed by atoms with van der Waals surface area (Å²) < 4.78 is 47.7. The first-order chi connectivity index (χ1) is 13.9. The van der Waals surface area contributed by atoms with Crippen LogP contribution in [0.25, 0.3) is 11.5 Å². The van der Waals surface area contributed by atoms with E-state index in [2.05, 4.69) is 15.0 Å². The van der Waals surface area contributed by atoms with Crippen molar-refractivity contribution in [3.63, 3.8) is 0 Å². The van der Waals surface area contributed by atoms with Crippen LogP contribution in [0.5, 0.6) is 0 Å². The van der Waals surface area contributed by atoms with E-state index in [-0.39, 0.29) is 34.4 Å². The Morgan fingerprint density at radius 1 is 1.24 bits per heavy atom. The number of carbonyl (C=O) groups excluding carboxylic acids is 1. The minimum absolute atomic E-state index is 0.0217. The minimum atomic E-state index is -2.05. The number of aliphatic imine (C=N–C) groups is 1. The molecule has 4 rings (SSSR count). The molecule has 0 spiro atoms. The molecule has 2 aromatic heterocycles. The minimum Gasteiger partial charge on any atom is -0.444 e. The van der Waals surface area contributed by atoms with E-state index in [0.29, 0.717) is 6.07 Å². The molecule has 1 aromatic carbocycles. The number of nitrogens with two attached hydrogens (primary N) is 1. The first-order valence-corrected chi connectivity index (χ1v) is 8.43. The molecule has 0 aliphatic carbocycles. The summed E-state index contributed by atoms with van der Waals surface area (Å²) in [6, 6.07) is 5.96. The van der Waals surface area contributed by atoms with Crippen LogP contribution in [0, 0.1) is 11.6 Å². The van der Waals surface area contributed by atoms with E-state index in [0.717, 1.165) is 11.0 Å². The molecule has 1 aliphatic heterocycles. The van der Waals surface area contributed by atoms with Gasteiger partial charge >= 0.3 is 0 Å². The average molecular weight is 401 g/mol. The molecule has 1 amide bonds. The van der Waals surface area contributed by atoms with Crippen molar-refractivity contribution in [3.8, 4) is 11.5 Å². The Morgan fingerprint density at radius 3 is 2.66 bits per heavy atom. The number of benzene rings is 1. The summed E-state index contributed by atoms with van der Waals surface area (Å²) in [5, 5.41) is 0. The van der Waals surface area contributed by atoms with Crippen LogP contribution in [0.4, 0.5) is 13.2 Å². The van der Waals surface area contributed by atoms with Gasteiger partial charge in [0.05, 0.1) is 23.1 Å². The number of hydrogen-bond acceptors (Lipinski definition) is 6. The number of rotatable bonds is 4. The summed E-state index contributed by atoms with van der Waals surface area (Å²) in [5.41, 5.74) is 3.26. The van der Waals surface area contributed by atoms with Gasteiger partial charge < -0.3 is 10.2 Å². The highest BCUT2D eigenvalue weighted by molar-refractivity contribution is 6.08. The molecule has 148 valence electrons. The third-order valence-corrected chi connectivity index (χ3v) is 4.66. The highest BCUT2D eigenvalue weighted by atomic mass is 19.1. The van der Waals surface area contributed by atoms with E-state index in [9.17, 15) is 18.0 Å². The molecule has 1 unspecified atom stereocenters. The topological polar surface area (TPSA) is 97.6 Å². The van der Waals surface area contributed by atoms with Crippen LogP contribution in [0.3, 0.4) is 0 Å². The second-order valence-electron chi connectivity index (χ2n) is 6.34. The molecule has 1 atom stereocenters. The summed E-state index contributed by atoms with van der Waals surface area (Å²) in [5.74, 6) is -3.01. The Balaban J connectivity index is 2.04.